The highest BCUT2D eigenvalue weighted by Gasteiger charge is 2.16. The van der Waals surface area contributed by atoms with Crippen molar-refractivity contribution >= 4 is 11.8 Å². The lowest BCUT2D eigenvalue weighted by Gasteiger charge is -2.27. The van der Waals surface area contributed by atoms with E-state index in [4.69, 9.17) is 4.74 Å². The number of ether oxygens (including phenoxy) is 1. The van der Waals surface area contributed by atoms with Crippen LogP contribution in [0.15, 0.2) is 23.3 Å². The molecule has 3 rings (SSSR count). The number of nitrogens with one attached hydrogen (secondary N) is 1. The molecule has 6 nitrogen and oxygen atoms in total. The van der Waals surface area contributed by atoms with Crippen molar-refractivity contribution in [1.82, 2.24) is 15.2 Å². The van der Waals surface area contributed by atoms with Crippen LogP contribution >= 0.6 is 0 Å². The molecule has 0 amide bonds. The van der Waals surface area contributed by atoms with Gasteiger partial charge in [0.1, 0.15) is 5.82 Å². The maximum absolute atomic E-state index is 5.45. The number of hydrogen-bond acceptors (Lipinski definition) is 4. The summed E-state index contributed by atoms with van der Waals surface area (Å²) in [6, 6.07) is 4.29. The highest BCUT2D eigenvalue weighted by molar-refractivity contribution is 5.79. The molecule has 2 saturated heterocycles. The van der Waals surface area contributed by atoms with Gasteiger partial charge in [-0.05, 0) is 55.7 Å². The van der Waals surface area contributed by atoms with Gasteiger partial charge in [0.15, 0.2) is 5.96 Å². The molecule has 0 saturated carbocycles. The van der Waals surface area contributed by atoms with E-state index >= 15 is 0 Å². The van der Waals surface area contributed by atoms with Gasteiger partial charge in [-0.2, -0.15) is 0 Å². The third kappa shape index (κ3) is 5.34. The first kappa shape index (κ1) is 19.0. The van der Waals surface area contributed by atoms with Crippen LogP contribution in [0.4, 0.5) is 5.82 Å². The van der Waals surface area contributed by atoms with Gasteiger partial charge in [-0.15, -0.1) is 0 Å². The normalized spacial score (nSPS) is 19.0. The number of aromatic nitrogens is 1. The van der Waals surface area contributed by atoms with Gasteiger partial charge >= 0.3 is 0 Å². The Hall–Kier alpha value is -1.82. The molecule has 2 aliphatic heterocycles. The van der Waals surface area contributed by atoms with Gasteiger partial charge in [-0.1, -0.05) is 0 Å². The van der Waals surface area contributed by atoms with E-state index in [1.54, 1.807) is 0 Å². The molecule has 2 fully saturated rings. The van der Waals surface area contributed by atoms with Gasteiger partial charge in [0.2, 0.25) is 0 Å². The van der Waals surface area contributed by atoms with Crippen LogP contribution in [0.25, 0.3) is 0 Å². The molecule has 0 aromatic carbocycles. The Kier molecular flexibility index (Phi) is 7.12. The van der Waals surface area contributed by atoms with E-state index < -0.39 is 0 Å². The van der Waals surface area contributed by atoms with Crippen LogP contribution in [0, 0.1) is 5.92 Å². The van der Waals surface area contributed by atoms with Crippen molar-refractivity contribution in [2.45, 2.75) is 38.6 Å². The van der Waals surface area contributed by atoms with Crippen LogP contribution in [0.3, 0.4) is 0 Å². The summed E-state index contributed by atoms with van der Waals surface area (Å²) in [6.45, 7) is 5.89. The lowest BCUT2D eigenvalue weighted by molar-refractivity contribution is 0.0625. The molecule has 26 heavy (non-hydrogen) atoms. The molecule has 0 atom stereocenters. The van der Waals surface area contributed by atoms with Gasteiger partial charge in [0, 0.05) is 59.7 Å². The zero-order valence-electron chi connectivity index (χ0n) is 16.3. The van der Waals surface area contributed by atoms with Crippen molar-refractivity contribution in [3.8, 4) is 0 Å². The lowest BCUT2D eigenvalue weighted by atomic mass is 9.96. The SMILES string of the molecule is CN=C(NCc1ccnc(N2CCCC2)c1)N(C)CCC1CCOCC1. The molecular weight excluding hydrogens is 326 g/mol. The van der Waals surface area contributed by atoms with Gasteiger partial charge in [-0.3, -0.25) is 4.99 Å². The minimum Gasteiger partial charge on any atom is -0.381 e. The predicted molar refractivity (Wildman–Crippen MR) is 107 cm³/mol. The Morgan fingerprint density at radius 1 is 1.35 bits per heavy atom. The molecule has 6 heteroatoms. The topological polar surface area (TPSA) is 53.0 Å². The summed E-state index contributed by atoms with van der Waals surface area (Å²) in [5.41, 5.74) is 1.25. The van der Waals surface area contributed by atoms with Crippen LogP contribution in [0.1, 0.15) is 37.7 Å². The van der Waals surface area contributed by atoms with Crippen molar-refractivity contribution in [2.75, 3.05) is 51.8 Å². The molecule has 0 unspecified atom stereocenters. The molecule has 1 N–H and O–H groups in total. The first-order chi connectivity index (χ1) is 12.8. The average molecular weight is 360 g/mol. The van der Waals surface area contributed by atoms with Gasteiger partial charge in [0.25, 0.3) is 0 Å². The molecule has 0 spiro atoms. The van der Waals surface area contributed by atoms with E-state index in [0.717, 1.165) is 57.1 Å². The van der Waals surface area contributed by atoms with Gasteiger partial charge in [-0.25, -0.2) is 4.98 Å². The van der Waals surface area contributed by atoms with Crippen LogP contribution in [0.2, 0.25) is 0 Å². The Morgan fingerprint density at radius 2 is 2.12 bits per heavy atom. The first-order valence-electron chi connectivity index (χ1n) is 9.95. The summed E-state index contributed by atoms with van der Waals surface area (Å²) in [5, 5.41) is 3.50. The van der Waals surface area contributed by atoms with E-state index in [1.807, 2.05) is 13.2 Å². The van der Waals surface area contributed by atoms with E-state index in [9.17, 15) is 0 Å². The van der Waals surface area contributed by atoms with Gasteiger partial charge < -0.3 is 19.9 Å². The maximum atomic E-state index is 5.45. The molecule has 0 bridgehead atoms. The van der Waals surface area contributed by atoms with Crippen molar-refractivity contribution in [3.05, 3.63) is 23.9 Å². The molecular formula is C20H33N5O. The largest absolute Gasteiger partial charge is 0.381 e. The highest BCUT2D eigenvalue weighted by Crippen LogP contribution is 2.19. The number of guanidine groups is 1. The Bertz CT molecular complexity index is 579. The Morgan fingerprint density at radius 3 is 2.85 bits per heavy atom. The second kappa shape index (κ2) is 9.76. The number of nitrogens with zero attached hydrogens (tertiary/aromatic N) is 4. The zero-order valence-corrected chi connectivity index (χ0v) is 16.3. The van der Waals surface area contributed by atoms with Crippen LogP contribution in [0.5, 0.6) is 0 Å². The molecule has 3 heterocycles. The van der Waals surface area contributed by atoms with E-state index in [2.05, 4.69) is 44.3 Å². The maximum Gasteiger partial charge on any atom is 0.193 e. The second-order valence-electron chi connectivity index (χ2n) is 7.38. The first-order valence-corrected chi connectivity index (χ1v) is 9.95. The molecule has 1 aromatic heterocycles. The molecule has 0 aliphatic carbocycles. The van der Waals surface area contributed by atoms with Crippen LogP contribution in [-0.2, 0) is 11.3 Å². The molecule has 2 aliphatic rings. The van der Waals surface area contributed by atoms with Crippen molar-refractivity contribution in [2.24, 2.45) is 10.9 Å². The second-order valence-corrected chi connectivity index (χ2v) is 7.38. The highest BCUT2D eigenvalue weighted by atomic mass is 16.5. The summed E-state index contributed by atoms with van der Waals surface area (Å²) >= 11 is 0. The summed E-state index contributed by atoms with van der Waals surface area (Å²) < 4.78 is 5.45. The van der Waals surface area contributed by atoms with Crippen molar-refractivity contribution in [3.63, 3.8) is 0 Å². The van der Waals surface area contributed by atoms with Crippen molar-refractivity contribution in [1.29, 1.82) is 0 Å². The van der Waals surface area contributed by atoms with Crippen LogP contribution < -0.4 is 10.2 Å². The molecule has 144 valence electrons. The minimum absolute atomic E-state index is 0.775. The van der Waals surface area contributed by atoms with E-state index in [0.29, 0.717) is 0 Å². The summed E-state index contributed by atoms with van der Waals surface area (Å²) in [7, 11) is 3.98. The fourth-order valence-corrected chi connectivity index (χ4v) is 3.77. The van der Waals surface area contributed by atoms with Gasteiger partial charge in [0.05, 0.1) is 0 Å². The van der Waals surface area contributed by atoms with Crippen LogP contribution in [-0.4, -0.2) is 62.8 Å². The fourth-order valence-electron chi connectivity index (χ4n) is 3.77. The monoisotopic (exact) mass is 359 g/mol. The Labute approximate surface area is 157 Å². The van der Waals surface area contributed by atoms with E-state index in [1.165, 1.54) is 37.7 Å². The minimum atomic E-state index is 0.775. The molecule has 1 aromatic rings. The third-order valence-electron chi connectivity index (χ3n) is 5.48. The number of anilines is 1. The van der Waals surface area contributed by atoms with Crippen molar-refractivity contribution < 1.29 is 4.74 Å². The summed E-state index contributed by atoms with van der Waals surface area (Å²) in [6.07, 6.45) is 8.05. The summed E-state index contributed by atoms with van der Waals surface area (Å²) in [4.78, 5) is 13.6. The number of hydrogen-bond donors (Lipinski definition) is 1. The quantitative estimate of drug-likeness (QED) is 0.625. The van der Waals surface area contributed by atoms with E-state index in [-0.39, 0.29) is 0 Å². The molecule has 0 radical (unpaired) electrons. The number of aliphatic imine (C=N–C) groups is 1. The Balaban J connectivity index is 1.47. The average Bonchev–Trinajstić information content (AvgIpc) is 3.23. The number of pyridine rings is 1. The fraction of sp³-hybridized carbons (Fsp3) is 0.700. The number of rotatable bonds is 6. The zero-order chi connectivity index (χ0) is 18.2. The standard InChI is InChI=1S/C20H33N5O/c1-21-20(24(2)12-6-17-7-13-26-14-8-17)23-16-18-5-9-22-19(15-18)25-10-3-4-11-25/h5,9,15,17H,3-4,6-8,10-14,16H2,1-2H3,(H,21,23). The summed E-state index contributed by atoms with van der Waals surface area (Å²) in [5.74, 6) is 2.84. The lowest BCUT2D eigenvalue weighted by Crippen LogP contribution is -2.39. The third-order valence-corrected chi connectivity index (χ3v) is 5.48. The smallest absolute Gasteiger partial charge is 0.193 e. The predicted octanol–water partition coefficient (Wildman–Crippen LogP) is 2.51.